The number of carboxylic acid groups (broad SMARTS) is 1. The van der Waals surface area contributed by atoms with Crippen LogP contribution in [-0.2, 0) is 16.3 Å². The highest BCUT2D eigenvalue weighted by molar-refractivity contribution is 7.99. The highest BCUT2D eigenvalue weighted by atomic mass is 32.2. The molecule has 0 heterocycles. The van der Waals surface area contributed by atoms with Crippen molar-refractivity contribution in [3.05, 3.63) is 71.3 Å². The Morgan fingerprint density at radius 1 is 0.935 bits per heavy atom. The molecule has 0 amide bonds. The monoisotopic (exact) mass is 468 g/mol. The lowest BCUT2D eigenvalue weighted by molar-refractivity contribution is -0.139. The molecule has 6 heteroatoms. The minimum absolute atomic E-state index is 0. The third-order valence-electron chi connectivity index (χ3n) is 4.94. The summed E-state index contributed by atoms with van der Waals surface area (Å²) in [6, 6.07) is 13.2. The Morgan fingerprint density at radius 2 is 1.45 bits per heavy atom. The topological polar surface area (TPSA) is 37.3 Å². The van der Waals surface area contributed by atoms with Crippen molar-refractivity contribution in [3.8, 4) is 0 Å². The van der Waals surface area contributed by atoms with Gasteiger partial charge in [-0.2, -0.15) is 23.5 Å². The lowest BCUT2D eigenvalue weighted by Crippen LogP contribution is -2.19. The molecule has 172 valence electrons. The predicted molar refractivity (Wildman–Crippen MR) is 131 cm³/mol. The van der Waals surface area contributed by atoms with E-state index >= 15 is 0 Å². The predicted octanol–water partition coefficient (Wildman–Crippen LogP) is 7.81. The molecule has 0 saturated heterocycles. The van der Waals surface area contributed by atoms with Crippen LogP contribution in [-0.4, -0.2) is 22.1 Å². The van der Waals surface area contributed by atoms with Crippen molar-refractivity contribution in [1.82, 2.24) is 0 Å². The van der Waals surface area contributed by atoms with Gasteiger partial charge in [-0.25, -0.2) is 8.78 Å². The van der Waals surface area contributed by atoms with Gasteiger partial charge in [0.25, 0.3) is 0 Å². The zero-order chi connectivity index (χ0) is 22.0. The number of carbonyl (C=O) groups is 1. The molecule has 0 saturated carbocycles. The van der Waals surface area contributed by atoms with E-state index in [4.69, 9.17) is 5.11 Å². The smallest absolute Gasteiger partial charge is 0.303 e. The van der Waals surface area contributed by atoms with Crippen LogP contribution in [0.4, 0.5) is 8.78 Å². The number of hydrogen-bond acceptors (Lipinski definition) is 3. The fourth-order valence-electron chi connectivity index (χ4n) is 3.14. The first kappa shape index (κ1) is 27.5. The van der Waals surface area contributed by atoms with E-state index in [-0.39, 0.29) is 30.9 Å². The molecule has 1 atom stereocenters. The quantitative estimate of drug-likeness (QED) is 0.304. The molecule has 0 aliphatic carbocycles. The number of thioether (sulfide) groups is 2. The molecule has 2 aromatic carbocycles. The van der Waals surface area contributed by atoms with E-state index in [0.717, 1.165) is 47.6 Å². The highest BCUT2D eigenvalue weighted by Crippen LogP contribution is 2.33. The fraction of sp³-hybridized carbons (Fsp3) is 0.480. The second-order valence-electron chi connectivity index (χ2n) is 8.30. The van der Waals surface area contributed by atoms with Gasteiger partial charge in [-0.3, -0.25) is 4.79 Å². The third-order valence-corrected chi connectivity index (χ3v) is 7.44. The summed E-state index contributed by atoms with van der Waals surface area (Å²) in [4.78, 5) is 11.1. The summed E-state index contributed by atoms with van der Waals surface area (Å²) in [5, 5.41) is 9.53. The first-order chi connectivity index (χ1) is 14.2. The van der Waals surface area contributed by atoms with Crippen LogP contribution in [0.15, 0.2) is 48.5 Å². The van der Waals surface area contributed by atoms with Gasteiger partial charge in [-0.05, 0) is 65.8 Å². The van der Waals surface area contributed by atoms with Crippen LogP contribution in [0.5, 0.6) is 0 Å². The van der Waals surface area contributed by atoms with Crippen molar-refractivity contribution in [2.24, 2.45) is 5.41 Å². The molecule has 0 bridgehead atoms. The standard InChI is InChI=1S/C24H30F2O2S2.CH4/c1-24(2,15-23(27)28)13-11-22(30-17-19-5-9-21(26)10-6-19)12-14-29-16-18-3-7-20(25)8-4-18;/h3-10,22H,11-17H2,1-2H3,(H,27,28);1H4. The van der Waals surface area contributed by atoms with E-state index in [2.05, 4.69) is 0 Å². The molecule has 2 rings (SSSR count). The highest BCUT2D eigenvalue weighted by Gasteiger charge is 2.23. The Hall–Kier alpha value is -1.53. The first-order valence-electron chi connectivity index (χ1n) is 10.1. The van der Waals surface area contributed by atoms with Crippen LogP contribution >= 0.6 is 23.5 Å². The Morgan fingerprint density at radius 3 is 1.97 bits per heavy atom. The SMILES string of the molecule is C.CC(C)(CCC(CCSCc1ccc(F)cc1)SCc1ccc(F)cc1)CC(=O)O. The summed E-state index contributed by atoms with van der Waals surface area (Å²) in [5.74, 6) is 1.44. The van der Waals surface area contributed by atoms with Crippen molar-refractivity contribution >= 4 is 29.5 Å². The summed E-state index contributed by atoms with van der Waals surface area (Å²) >= 11 is 3.68. The maximum Gasteiger partial charge on any atom is 0.303 e. The van der Waals surface area contributed by atoms with Crippen molar-refractivity contribution in [1.29, 1.82) is 0 Å². The van der Waals surface area contributed by atoms with Crippen LogP contribution < -0.4 is 0 Å². The molecule has 31 heavy (non-hydrogen) atoms. The second kappa shape index (κ2) is 13.8. The van der Waals surface area contributed by atoms with Crippen LogP contribution in [0, 0.1) is 17.0 Å². The minimum Gasteiger partial charge on any atom is -0.481 e. The molecular weight excluding hydrogens is 434 g/mol. The molecule has 2 aromatic rings. The van der Waals surface area contributed by atoms with E-state index in [1.165, 1.54) is 24.3 Å². The molecule has 0 fully saturated rings. The minimum atomic E-state index is -0.759. The van der Waals surface area contributed by atoms with Gasteiger partial charge >= 0.3 is 5.97 Å². The number of halogens is 2. The zero-order valence-electron chi connectivity index (χ0n) is 17.6. The maximum atomic E-state index is 13.1. The van der Waals surface area contributed by atoms with E-state index in [1.54, 1.807) is 0 Å². The van der Waals surface area contributed by atoms with Gasteiger partial charge < -0.3 is 5.11 Å². The fourth-order valence-corrected chi connectivity index (χ4v) is 5.50. The van der Waals surface area contributed by atoms with Crippen molar-refractivity contribution < 1.29 is 18.7 Å². The average Bonchev–Trinajstić information content (AvgIpc) is 2.68. The van der Waals surface area contributed by atoms with E-state index in [9.17, 15) is 13.6 Å². The summed E-state index contributed by atoms with van der Waals surface area (Å²) in [7, 11) is 0. The summed E-state index contributed by atoms with van der Waals surface area (Å²) in [6.07, 6.45) is 2.98. The Bertz CT molecular complexity index is 777. The second-order valence-corrected chi connectivity index (χ2v) is 10.7. The van der Waals surface area contributed by atoms with Gasteiger partial charge in [-0.15, -0.1) is 0 Å². The largest absolute Gasteiger partial charge is 0.481 e. The van der Waals surface area contributed by atoms with E-state index < -0.39 is 5.97 Å². The van der Waals surface area contributed by atoms with Crippen LogP contribution in [0.1, 0.15) is 58.1 Å². The molecule has 0 aromatic heterocycles. The number of carboxylic acids is 1. The summed E-state index contributed by atoms with van der Waals surface area (Å²) in [5.41, 5.74) is 1.97. The van der Waals surface area contributed by atoms with Gasteiger partial charge in [0.2, 0.25) is 0 Å². The lowest BCUT2D eigenvalue weighted by atomic mass is 9.84. The maximum absolute atomic E-state index is 13.1. The number of hydrogen-bond donors (Lipinski definition) is 1. The molecule has 0 aliphatic heterocycles. The van der Waals surface area contributed by atoms with E-state index in [1.807, 2.05) is 61.6 Å². The summed E-state index contributed by atoms with van der Waals surface area (Å²) in [6.45, 7) is 4.01. The Labute approximate surface area is 194 Å². The lowest BCUT2D eigenvalue weighted by Gasteiger charge is -2.25. The third kappa shape index (κ3) is 11.6. The molecule has 0 spiro atoms. The number of aliphatic carboxylic acids is 1. The Balaban J connectivity index is 0.00000480. The van der Waals surface area contributed by atoms with Crippen LogP contribution in [0.3, 0.4) is 0 Å². The van der Waals surface area contributed by atoms with Crippen LogP contribution in [0.2, 0.25) is 0 Å². The van der Waals surface area contributed by atoms with E-state index in [0.29, 0.717) is 5.25 Å². The first-order valence-corrected chi connectivity index (χ1v) is 12.3. The van der Waals surface area contributed by atoms with Gasteiger partial charge in [0, 0.05) is 16.8 Å². The Kier molecular flexibility index (Phi) is 12.2. The van der Waals surface area contributed by atoms with Crippen LogP contribution in [0.25, 0.3) is 0 Å². The molecule has 2 nitrogen and oxygen atoms in total. The normalized spacial score (nSPS) is 12.3. The van der Waals surface area contributed by atoms with Gasteiger partial charge in [0.15, 0.2) is 0 Å². The molecule has 0 radical (unpaired) electrons. The summed E-state index contributed by atoms with van der Waals surface area (Å²) < 4.78 is 26.2. The van der Waals surface area contributed by atoms with Gasteiger partial charge in [0.05, 0.1) is 6.42 Å². The van der Waals surface area contributed by atoms with Crippen molar-refractivity contribution in [2.45, 2.75) is 63.7 Å². The zero-order valence-corrected chi connectivity index (χ0v) is 19.2. The molecule has 0 aliphatic rings. The van der Waals surface area contributed by atoms with Crippen molar-refractivity contribution in [3.63, 3.8) is 0 Å². The molecular formula is C25H34F2O2S2. The number of benzene rings is 2. The van der Waals surface area contributed by atoms with Gasteiger partial charge in [-0.1, -0.05) is 45.5 Å². The molecule has 1 N–H and O–H groups in total. The number of rotatable bonds is 13. The molecule has 1 unspecified atom stereocenters. The average molecular weight is 469 g/mol. The van der Waals surface area contributed by atoms with Gasteiger partial charge in [0.1, 0.15) is 11.6 Å². The van der Waals surface area contributed by atoms with Crippen molar-refractivity contribution in [2.75, 3.05) is 5.75 Å².